The minimum Gasteiger partial charge on any atom is -0.378 e. The molecule has 0 aliphatic carbocycles. The van der Waals surface area contributed by atoms with Crippen LogP contribution in [0.5, 0.6) is 0 Å². The molecule has 1 aliphatic rings. The van der Waals surface area contributed by atoms with Crippen molar-refractivity contribution in [3.63, 3.8) is 0 Å². The van der Waals surface area contributed by atoms with E-state index in [2.05, 4.69) is 29.4 Å². The van der Waals surface area contributed by atoms with Gasteiger partial charge in [-0.05, 0) is 24.5 Å². The molecule has 1 amide bonds. The fourth-order valence-corrected chi connectivity index (χ4v) is 1.96. The predicted molar refractivity (Wildman–Crippen MR) is 76.7 cm³/mol. The van der Waals surface area contributed by atoms with Gasteiger partial charge in [-0.25, -0.2) is 0 Å². The summed E-state index contributed by atoms with van der Waals surface area (Å²) in [5.41, 5.74) is 0.390. The summed E-state index contributed by atoms with van der Waals surface area (Å²) < 4.78 is 5.23. The van der Waals surface area contributed by atoms with Crippen LogP contribution in [-0.2, 0) is 4.74 Å². The number of carbonyl (C=O) groups excluding carboxylic acids is 1. The van der Waals surface area contributed by atoms with Crippen LogP contribution in [0.15, 0.2) is 12.1 Å². The third-order valence-corrected chi connectivity index (χ3v) is 3.21. The summed E-state index contributed by atoms with van der Waals surface area (Å²) in [6.45, 7) is 7.64. The fourth-order valence-electron chi connectivity index (χ4n) is 1.96. The molecule has 0 spiro atoms. The molecule has 1 fully saturated rings. The third-order valence-electron chi connectivity index (χ3n) is 3.21. The molecule has 0 atom stereocenters. The lowest BCUT2D eigenvalue weighted by Crippen LogP contribution is -2.41. The largest absolute Gasteiger partial charge is 0.378 e. The Bertz CT molecular complexity index is 427. The van der Waals surface area contributed by atoms with Crippen LogP contribution in [0.1, 0.15) is 30.8 Å². The summed E-state index contributed by atoms with van der Waals surface area (Å²) in [6.07, 6.45) is 1.08. The summed E-state index contributed by atoms with van der Waals surface area (Å²) in [5, 5.41) is 11.3. The molecule has 6 nitrogen and oxygen atoms in total. The number of aromatic nitrogens is 2. The van der Waals surface area contributed by atoms with E-state index in [1.165, 1.54) is 0 Å². The van der Waals surface area contributed by atoms with Gasteiger partial charge in [-0.15, -0.1) is 10.2 Å². The predicted octanol–water partition coefficient (Wildman–Crippen LogP) is 1.41. The number of hydrogen-bond acceptors (Lipinski definition) is 5. The minimum absolute atomic E-state index is 0.0745. The average molecular weight is 278 g/mol. The Morgan fingerprint density at radius 1 is 1.35 bits per heavy atom. The highest BCUT2D eigenvalue weighted by Gasteiger charge is 2.19. The minimum atomic E-state index is -0.0745. The van der Waals surface area contributed by atoms with E-state index >= 15 is 0 Å². The Labute approximate surface area is 119 Å². The maximum atomic E-state index is 12.2. The van der Waals surface area contributed by atoms with Gasteiger partial charge in [0.2, 0.25) is 0 Å². The topological polar surface area (TPSA) is 67.4 Å². The molecule has 1 N–H and O–H groups in total. The lowest BCUT2D eigenvalue weighted by molar-refractivity contribution is 0.0298. The number of hydrogen-bond donors (Lipinski definition) is 1. The van der Waals surface area contributed by atoms with Crippen molar-refractivity contribution in [1.29, 1.82) is 0 Å². The molecule has 20 heavy (non-hydrogen) atoms. The highest BCUT2D eigenvalue weighted by molar-refractivity contribution is 5.92. The standard InChI is InChI=1S/C14H22N4O2/c1-11(2)5-6-15-13-4-3-12(16-17-13)14(19)18-7-9-20-10-8-18/h3-4,11H,5-10H2,1-2H3,(H,15,17). The van der Waals surface area contributed by atoms with Crippen molar-refractivity contribution in [2.45, 2.75) is 20.3 Å². The van der Waals surface area contributed by atoms with E-state index in [9.17, 15) is 4.79 Å². The van der Waals surface area contributed by atoms with Crippen LogP contribution >= 0.6 is 0 Å². The first kappa shape index (κ1) is 14.7. The highest BCUT2D eigenvalue weighted by atomic mass is 16.5. The molecule has 2 rings (SSSR count). The Hall–Kier alpha value is -1.69. The second-order valence-electron chi connectivity index (χ2n) is 5.32. The molecular weight excluding hydrogens is 256 g/mol. The number of morpholine rings is 1. The second kappa shape index (κ2) is 7.19. The number of nitrogens with zero attached hydrogens (tertiary/aromatic N) is 3. The van der Waals surface area contributed by atoms with E-state index < -0.39 is 0 Å². The third kappa shape index (κ3) is 4.16. The number of amides is 1. The first-order valence-electron chi connectivity index (χ1n) is 7.11. The van der Waals surface area contributed by atoms with Crippen LogP contribution in [0.4, 0.5) is 5.82 Å². The number of ether oxygens (including phenoxy) is 1. The van der Waals surface area contributed by atoms with Gasteiger partial charge in [-0.2, -0.15) is 0 Å². The molecule has 1 aromatic heterocycles. The van der Waals surface area contributed by atoms with Gasteiger partial charge in [0.15, 0.2) is 5.69 Å². The molecule has 0 saturated carbocycles. The molecular formula is C14H22N4O2. The quantitative estimate of drug-likeness (QED) is 0.882. The second-order valence-corrected chi connectivity index (χ2v) is 5.32. The van der Waals surface area contributed by atoms with Gasteiger partial charge in [-0.1, -0.05) is 13.8 Å². The van der Waals surface area contributed by atoms with E-state index in [4.69, 9.17) is 4.74 Å². The van der Waals surface area contributed by atoms with Gasteiger partial charge >= 0.3 is 0 Å². The summed E-state index contributed by atoms with van der Waals surface area (Å²) in [5.74, 6) is 1.29. The average Bonchev–Trinajstić information content (AvgIpc) is 2.48. The molecule has 0 radical (unpaired) electrons. The monoisotopic (exact) mass is 278 g/mol. The number of rotatable bonds is 5. The van der Waals surface area contributed by atoms with Crippen molar-refractivity contribution in [1.82, 2.24) is 15.1 Å². The molecule has 1 aliphatic heterocycles. The van der Waals surface area contributed by atoms with Crippen LogP contribution in [0.2, 0.25) is 0 Å². The SMILES string of the molecule is CC(C)CCNc1ccc(C(=O)N2CCOCC2)nn1. The van der Waals surface area contributed by atoms with Gasteiger partial charge in [0.1, 0.15) is 5.82 Å². The summed E-state index contributed by atoms with van der Waals surface area (Å²) >= 11 is 0. The Morgan fingerprint density at radius 2 is 2.10 bits per heavy atom. The molecule has 1 saturated heterocycles. The molecule has 110 valence electrons. The van der Waals surface area contributed by atoms with E-state index in [0.717, 1.165) is 13.0 Å². The van der Waals surface area contributed by atoms with Crippen LogP contribution in [-0.4, -0.2) is 53.9 Å². The van der Waals surface area contributed by atoms with E-state index in [1.807, 2.05) is 0 Å². The zero-order chi connectivity index (χ0) is 14.4. The van der Waals surface area contributed by atoms with Gasteiger partial charge < -0.3 is 15.0 Å². The maximum absolute atomic E-state index is 12.2. The summed E-state index contributed by atoms with van der Waals surface area (Å²) in [6, 6.07) is 3.53. The van der Waals surface area contributed by atoms with E-state index in [-0.39, 0.29) is 5.91 Å². The zero-order valence-corrected chi connectivity index (χ0v) is 12.1. The summed E-state index contributed by atoms with van der Waals surface area (Å²) in [7, 11) is 0. The van der Waals surface area contributed by atoms with Crippen molar-refractivity contribution in [2.75, 3.05) is 38.2 Å². The molecule has 0 aromatic carbocycles. The molecule has 0 unspecified atom stereocenters. The smallest absolute Gasteiger partial charge is 0.274 e. The van der Waals surface area contributed by atoms with Gasteiger partial charge in [-0.3, -0.25) is 4.79 Å². The fraction of sp³-hybridized carbons (Fsp3) is 0.643. The van der Waals surface area contributed by atoms with Crippen molar-refractivity contribution in [2.24, 2.45) is 5.92 Å². The van der Waals surface area contributed by atoms with Crippen LogP contribution < -0.4 is 5.32 Å². The van der Waals surface area contributed by atoms with Crippen molar-refractivity contribution >= 4 is 11.7 Å². The zero-order valence-electron chi connectivity index (χ0n) is 12.1. The highest BCUT2D eigenvalue weighted by Crippen LogP contribution is 2.08. The van der Waals surface area contributed by atoms with Crippen molar-refractivity contribution in [3.05, 3.63) is 17.8 Å². The molecule has 1 aromatic rings. The van der Waals surface area contributed by atoms with Crippen molar-refractivity contribution < 1.29 is 9.53 Å². The van der Waals surface area contributed by atoms with E-state index in [0.29, 0.717) is 43.7 Å². The normalized spacial score (nSPS) is 15.4. The van der Waals surface area contributed by atoms with Crippen LogP contribution in [0.3, 0.4) is 0 Å². The Balaban J connectivity index is 1.88. The maximum Gasteiger partial charge on any atom is 0.274 e. The first-order valence-corrected chi connectivity index (χ1v) is 7.11. The number of nitrogens with one attached hydrogen (secondary N) is 1. The molecule has 0 bridgehead atoms. The van der Waals surface area contributed by atoms with Crippen LogP contribution in [0, 0.1) is 5.92 Å². The molecule has 6 heteroatoms. The summed E-state index contributed by atoms with van der Waals surface area (Å²) in [4.78, 5) is 13.9. The number of carbonyl (C=O) groups is 1. The van der Waals surface area contributed by atoms with Gasteiger partial charge in [0.25, 0.3) is 5.91 Å². The van der Waals surface area contributed by atoms with E-state index in [1.54, 1.807) is 17.0 Å². The Morgan fingerprint density at radius 3 is 2.70 bits per heavy atom. The first-order chi connectivity index (χ1) is 9.66. The number of anilines is 1. The van der Waals surface area contributed by atoms with Crippen LogP contribution in [0.25, 0.3) is 0 Å². The van der Waals surface area contributed by atoms with Gasteiger partial charge in [0, 0.05) is 19.6 Å². The van der Waals surface area contributed by atoms with Crippen molar-refractivity contribution in [3.8, 4) is 0 Å². The molecule has 2 heterocycles. The lowest BCUT2D eigenvalue weighted by atomic mass is 10.1. The lowest BCUT2D eigenvalue weighted by Gasteiger charge is -2.26. The Kier molecular flexibility index (Phi) is 5.29. The van der Waals surface area contributed by atoms with Gasteiger partial charge in [0.05, 0.1) is 13.2 Å².